The summed E-state index contributed by atoms with van der Waals surface area (Å²) in [4.78, 5) is 39.5. The molecule has 0 aliphatic carbocycles. The minimum Gasteiger partial charge on any atom is -0.346 e. The Bertz CT molecular complexity index is 725. The van der Waals surface area contributed by atoms with E-state index < -0.39 is 17.8 Å². The number of nitrogens with zero attached hydrogens (tertiary/aromatic N) is 2. The van der Waals surface area contributed by atoms with Gasteiger partial charge in [-0.3, -0.25) is 14.4 Å². The van der Waals surface area contributed by atoms with E-state index in [-0.39, 0.29) is 60.4 Å². The van der Waals surface area contributed by atoms with Gasteiger partial charge in [-0.1, -0.05) is 25.4 Å². The van der Waals surface area contributed by atoms with E-state index in [2.05, 4.69) is 5.32 Å². The molecule has 0 unspecified atom stereocenters. The van der Waals surface area contributed by atoms with Crippen molar-refractivity contribution in [1.29, 1.82) is 0 Å². The molecule has 28 heavy (non-hydrogen) atoms. The maximum absolute atomic E-state index is 13.9. The fraction of sp³-hybridized carbons (Fsp3) is 0.500. The van der Waals surface area contributed by atoms with Crippen molar-refractivity contribution >= 4 is 41.7 Å². The van der Waals surface area contributed by atoms with Crippen molar-refractivity contribution in [3.63, 3.8) is 0 Å². The van der Waals surface area contributed by atoms with Crippen LogP contribution in [0.4, 0.5) is 4.39 Å². The Kier molecular flexibility index (Phi) is 9.13. The van der Waals surface area contributed by atoms with Gasteiger partial charge in [-0.2, -0.15) is 0 Å². The fourth-order valence-corrected chi connectivity index (χ4v) is 2.85. The van der Waals surface area contributed by atoms with Crippen LogP contribution in [-0.4, -0.2) is 66.3 Å². The van der Waals surface area contributed by atoms with Crippen LogP contribution in [0.25, 0.3) is 0 Å². The average molecular weight is 435 g/mol. The first-order valence-corrected chi connectivity index (χ1v) is 9.14. The molecule has 2 rings (SSSR count). The standard InChI is InChI=1S/C18H24ClFN4O3.ClH/c1-11(2)16(21)17(26)22-10-15(25)23-5-7-24(8-6-23)18(27)13-4-3-12(19)9-14(13)20;/h3-4,9,11,16H,5-8,10,21H2,1-2H3,(H,22,26);1H/t16-;/m0./s1. The Balaban J connectivity index is 0.00000392. The number of amides is 3. The number of nitrogens with two attached hydrogens (primary N) is 1. The molecule has 1 aromatic rings. The first-order chi connectivity index (χ1) is 12.7. The second-order valence-electron chi connectivity index (χ2n) is 6.78. The Morgan fingerprint density at radius 3 is 2.29 bits per heavy atom. The second-order valence-corrected chi connectivity index (χ2v) is 7.22. The van der Waals surface area contributed by atoms with Crippen LogP contribution in [0.3, 0.4) is 0 Å². The number of rotatable bonds is 5. The maximum Gasteiger partial charge on any atom is 0.256 e. The van der Waals surface area contributed by atoms with Crippen LogP contribution in [-0.2, 0) is 9.59 Å². The quantitative estimate of drug-likeness (QED) is 0.729. The highest BCUT2D eigenvalue weighted by molar-refractivity contribution is 6.30. The number of carbonyl (C=O) groups excluding carboxylic acids is 3. The zero-order valence-electron chi connectivity index (χ0n) is 15.8. The van der Waals surface area contributed by atoms with Gasteiger partial charge in [-0.25, -0.2) is 4.39 Å². The Morgan fingerprint density at radius 1 is 1.18 bits per heavy atom. The predicted octanol–water partition coefficient (Wildman–Crippen LogP) is 1.28. The molecule has 3 amide bonds. The lowest BCUT2D eigenvalue weighted by Crippen LogP contribution is -2.53. The Labute approximate surface area is 174 Å². The van der Waals surface area contributed by atoms with Gasteiger partial charge in [0.2, 0.25) is 11.8 Å². The van der Waals surface area contributed by atoms with Crippen LogP contribution in [0.15, 0.2) is 18.2 Å². The highest BCUT2D eigenvalue weighted by Crippen LogP contribution is 2.17. The fourth-order valence-electron chi connectivity index (χ4n) is 2.69. The van der Waals surface area contributed by atoms with Gasteiger partial charge in [0.1, 0.15) is 5.82 Å². The van der Waals surface area contributed by atoms with E-state index in [0.29, 0.717) is 13.1 Å². The molecule has 0 aromatic heterocycles. The highest BCUT2D eigenvalue weighted by atomic mass is 35.5. The molecule has 1 aromatic carbocycles. The molecule has 3 N–H and O–H groups in total. The lowest BCUT2D eigenvalue weighted by Gasteiger charge is -2.35. The van der Waals surface area contributed by atoms with Crippen LogP contribution in [0, 0.1) is 11.7 Å². The molecule has 1 atom stereocenters. The number of halogens is 3. The first kappa shape index (κ1) is 24.1. The number of carbonyl (C=O) groups is 3. The lowest BCUT2D eigenvalue weighted by atomic mass is 10.1. The van der Waals surface area contributed by atoms with Crippen molar-refractivity contribution in [2.45, 2.75) is 19.9 Å². The Hall–Kier alpha value is -1.90. The van der Waals surface area contributed by atoms with Gasteiger partial charge < -0.3 is 20.9 Å². The Morgan fingerprint density at radius 2 is 1.75 bits per heavy atom. The van der Waals surface area contributed by atoms with E-state index in [1.54, 1.807) is 4.90 Å². The van der Waals surface area contributed by atoms with Crippen molar-refractivity contribution < 1.29 is 18.8 Å². The van der Waals surface area contributed by atoms with E-state index in [0.717, 1.165) is 6.07 Å². The summed E-state index contributed by atoms with van der Waals surface area (Å²) >= 11 is 5.70. The van der Waals surface area contributed by atoms with Crippen molar-refractivity contribution in [2.24, 2.45) is 11.7 Å². The minimum absolute atomic E-state index is 0. The molecular weight excluding hydrogens is 410 g/mol. The summed E-state index contributed by atoms with van der Waals surface area (Å²) < 4.78 is 13.9. The van der Waals surface area contributed by atoms with E-state index >= 15 is 0 Å². The summed E-state index contributed by atoms with van der Waals surface area (Å²) in [6.45, 7) is 4.70. The molecule has 1 heterocycles. The van der Waals surface area contributed by atoms with Crippen molar-refractivity contribution in [3.05, 3.63) is 34.6 Å². The molecule has 1 aliphatic heterocycles. The van der Waals surface area contributed by atoms with Crippen molar-refractivity contribution in [2.75, 3.05) is 32.7 Å². The topological polar surface area (TPSA) is 95.7 Å². The summed E-state index contributed by atoms with van der Waals surface area (Å²) in [5.41, 5.74) is 5.69. The lowest BCUT2D eigenvalue weighted by molar-refractivity contribution is -0.134. The van der Waals surface area contributed by atoms with Gasteiger partial charge in [0.25, 0.3) is 5.91 Å². The normalized spacial score (nSPS) is 15.1. The molecular formula is C18H25Cl2FN4O3. The number of benzene rings is 1. The molecule has 10 heteroatoms. The van der Waals surface area contributed by atoms with Gasteiger partial charge >= 0.3 is 0 Å². The molecule has 1 fully saturated rings. The first-order valence-electron chi connectivity index (χ1n) is 8.76. The molecule has 0 radical (unpaired) electrons. The monoisotopic (exact) mass is 434 g/mol. The number of nitrogens with one attached hydrogen (secondary N) is 1. The molecule has 1 aliphatic rings. The summed E-state index contributed by atoms with van der Waals surface area (Å²) in [6, 6.07) is 3.24. The zero-order valence-corrected chi connectivity index (χ0v) is 17.4. The molecule has 156 valence electrons. The van der Waals surface area contributed by atoms with E-state index in [1.165, 1.54) is 17.0 Å². The number of hydrogen-bond acceptors (Lipinski definition) is 4. The third kappa shape index (κ3) is 6.05. The molecule has 0 saturated carbocycles. The van der Waals surface area contributed by atoms with Crippen LogP contribution in [0.1, 0.15) is 24.2 Å². The average Bonchev–Trinajstić information content (AvgIpc) is 2.64. The third-order valence-electron chi connectivity index (χ3n) is 4.52. The predicted molar refractivity (Wildman–Crippen MR) is 107 cm³/mol. The third-order valence-corrected chi connectivity index (χ3v) is 4.75. The number of piperazine rings is 1. The molecule has 0 spiro atoms. The largest absolute Gasteiger partial charge is 0.346 e. The van der Waals surface area contributed by atoms with Gasteiger partial charge in [-0.05, 0) is 24.1 Å². The highest BCUT2D eigenvalue weighted by Gasteiger charge is 2.27. The smallest absolute Gasteiger partial charge is 0.256 e. The maximum atomic E-state index is 13.9. The SMILES string of the molecule is CC(C)[C@H](N)C(=O)NCC(=O)N1CCN(C(=O)c2ccc(Cl)cc2F)CC1.Cl. The second kappa shape index (κ2) is 10.6. The van der Waals surface area contributed by atoms with E-state index in [4.69, 9.17) is 17.3 Å². The van der Waals surface area contributed by atoms with Crippen LogP contribution in [0.2, 0.25) is 5.02 Å². The van der Waals surface area contributed by atoms with Crippen molar-refractivity contribution in [1.82, 2.24) is 15.1 Å². The summed E-state index contributed by atoms with van der Waals surface area (Å²) in [6.07, 6.45) is 0. The number of hydrogen-bond donors (Lipinski definition) is 2. The van der Waals surface area contributed by atoms with Crippen LogP contribution < -0.4 is 11.1 Å². The molecule has 1 saturated heterocycles. The van der Waals surface area contributed by atoms with E-state index in [1.807, 2.05) is 13.8 Å². The van der Waals surface area contributed by atoms with E-state index in [9.17, 15) is 18.8 Å². The summed E-state index contributed by atoms with van der Waals surface area (Å²) in [5.74, 6) is -1.75. The van der Waals surface area contributed by atoms with Gasteiger partial charge in [0.05, 0.1) is 18.2 Å². The van der Waals surface area contributed by atoms with Crippen molar-refractivity contribution in [3.8, 4) is 0 Å². The molecule has 0 bridgehead atoms. The van der Waals surface area contributed by atoms with Gasteiger partial charge in [0, 0.05) is 31.2 Å². The van der Waals surface area contributed by atoms with Crippen LogP contribution in [0.5, 0.6) is 0 Å². The molecule has 7 nitrogen and oxygen atoms in total. The minimum atomic E-state index is -0.671. The zero-order chi connectivity index (χ0) is 20.1. The summed E-state index contributed by atoms with van der Waals surface area (Å²) in [5, 5.41) is 2.76. The summed E-state index contributed by atoms with van der Waals surface area (Å²) in [7, 11) is 0. The van der Waals surface area contributed by atoms with Crippen LogP contribution >= 0.6 is 24.0 Å². The van der Waals surface area contributed by atoms with Gasteiger partial charge in [0.15, 0.2) is 0 Å². The van der Waals surface area contributed by atoms with Gasteiger partial charge in [-0.15, -0.1) is 12.4 Å².